The Morgan fingerprint density at radius 3 is 1.29 bits per heavy atom. The Balaban J connectivity index is -0.0000000133. The maximum absolute atomic E-state index is 8.74. The molecule has 0 saturated carbocycles. The van der Waals surface area contributed by atoms with Crippen molar-refractivity contribution < 1.29 is 20.4 Å². The Morgan fingerprint density at radius 2 is 1.29 bits per heavy atom. The average molecular weight is 218 g/mol. The summed E-state index contributed by atoms with van der Waals surface area (Å²) in [5.74, 6) is 0. The summed E-state index contributed by atoms with van der Waals surface area (Å²) in [6.07, 6.45) is 0. The molecule has 1 atom stereocenters. The Bertz CT molecular complexity index is 102. The van der Waals surface area contributed by atoms with Crippen LogP contribution in [0.15, 0.2) is 0 Å². The van der Waals surface area contributed by atoms with E-state index in [1.165, 1.54) is 0 Å². The van der Waals surface area contributed by atoms with Crippen molar-refractivity contribution in [3.63, 3.8) is 0 Å². The summed E-state index contributed by atoms with van der Waals surface area (Å²) in [6.45, 7) is 0. The molecule has 0 rings (SSSR count). The van der Waals surface area contributed by atoms with Gasteiger partial charge in [0.05, 0.1) is 0 Å². The summed E-state index contributed by atoms with van der Waals surface area (Å²) in [5, 5.41) is 0. The molecule has 4 nitrogen and oxygen atoms in total. The number of hydrogen-bond acceptors (Lipinski definition) is 2. The molecule has 0 bridgehead atoms. The van der Waals surface area contributed by atoms with Gasteiger partial charge in [-0.3, -0.25) is 9.11 Å². The van der Waals surface area contributed by atoms with Crippen molar-refractivity contribution in [2.45, 2.75) is 0 Å². The monoisotopic (exact) mass is 218 g/mol. The van der Waals surface area contributed by atoms with E-state index in [-0.39, 0.29) is 58.5 Å². The minimum atomic E-state index is -4.67. The normalized spacial score (nSPS) is 8.29. The van der Waals surface area contributed by atoms with Crippen molar-refractivity contribution in [3.8, 4) is 0 Å². The van der Waals surface area contributed by atoms with Crippen molar-refractivity contribution in [1.29, 1.82) is 0 Å². The molecule has 0 aromatic carbocycles. The first kappa shape index (κ1) is 15.9. The van der Waals surface area contributed by atoms with Crippen molar-refractivity contribution in [2.24, 2.45) is 0 Å². The van der Waals surface area contributed by atoms with Crippen LogP contribution < -0.4 is 0 Å². The first-order valence-electron chi connectivity index (χ1n) is 0.698. The summed E-state index contributed by atoms with van der Waals surface area (Å²) in [7, 11) is -4.67. The molecule has 0 aliphatic carbocycles. The molecule has 0 aromatic heterocycles. The Hall–Kier alpha value is 1.69. The maximum atomic E-state index is 8.74. The molecule has 0 radical (unpaired) electrons. The fraction of sp³-hybridized carbons (Fsp3) is 0. The first-order valence-corrected chi connectivity index (χ1v) is 2.10. The fourth-order valence-electron chi connectivity index (χ4n) is 0. The van der Waals surface area contributed by atoms with Crippen molar-refractivity contribution in [2.75, 3.05) is 0 Å². The SMILES string of the molecule is O=S(=O)(O)O.[AsH3].[Ca+2].[H-].[H-]. The van der Waals surface area contributed by atoms with Crippen LogP contribution in [0.4, 0.5) is 0 Å². The van der Waals surface area contributed by atoms with Crippen LogP contribution in [0.25, 0.3) is 0 Å². The van der Waals surface area contributed by atoms with Crippen LogP contribution in [0, 0.1) is 0 Å². The maximum Gasteiger partial charge on any atom is 2.00 e. The summed E-state index contributed by atoms with van der Waals surface area (Å²) in [6, 6.07) is 0. The predicted octanol–water partition coefficient (Wildman–Crippen LogP) is -1.99. The van der Waals surface area contributed by atoms with E-state index in [1.54, 1.807) is 0 Å². The van der Waals surface area contributed by atoms with E-state index in [4.69, 9.17) is 17.5 Å². The van der Waals surface area contributed by atoms with Gasteiger partial charge in [-0.15, -0.1) is 0 Å². The minimum absolute atomic E-state index is 0. The van der Waals surface area contributed by atoms with Gasteiger partial charge in [-0.1, -0.05) is 0 Å². The molecule has 7 heteroatoms. The van der Waals surface area contributed by atoms with Gasteiger partial charge in [-0.25, -0.2) is 0 Å². The van der Waals surface area contributed by atoms with Gasteiger partial charge >= 0.3 is 66.1 Å². The van der Waals surface area contributed by atoms with E-state index >= 15 is 0 Å². The van der Waals surface area contributed by atoms with E-state index < -0.39 is 10.4 Å². The standard InChI is InChI=1S/AsH3.Ca.H2O4S.2H/c;;1-5(2,3)4;;/h1H3;;(H2,1,2,3,4);;/q;+2;;2*-1. The second-order valence-corrected chi connectivity index (χ2v) is 1.34. The van der Waals surface area contributed by atoms with Crippen molar-refractivity contribution in [3.05, 3.63) is 0 Å². The topological polar surface area (TPSA) is 74.6 Å². The Kier molecular flexibility index (Phi) is 13.2. The van der Waals surface area contributed by atoms with Crippen molar-refractivity contribution in [1.82, 2.24) is 0 Å². The van der Waals surface area contributed by atoms with E-state index in [1.807, 2.05) is 0 Å². The zero-order chi connectivity index (χ0) is 4.50. The molecule has 0 heterocycles. The third-order valence-electron chi connectivity index (χ3n) is 0. The van der Waals surface area contributed by atoms with E-state index in [0.29, 0.717) is 0 Å². The van der Waals surface area contributed by atoms with Crippen LogP contribution in [0.1, 0.15) is 2.85 Å². The number of hydrogen-bond donors (Lipinski definition) is 2. The molecule has 0 saturated heterocycles. The molecule has 0 aliphatic heterocycles. The van der Waals surface area contributed by atoms with Crippen molar-refractivity contribution >= 4 is 66.1 Å². The van der Waals surface area contributed by atoms with E-state index in [2.05, 4.69) is 0 Å². The Morgan fingerprint density at radius 1 is 1.29 bits per heavy atom. The molecular formula is H7AsCaO4S. The van der Waals surface area contributed by atoms with Gasteiger partial charge in [0.25, 0.3) is 0 Å². The minimum Gasteiger partial charge on any atom is -1.00 e. The van der Waals surface area contributed by atoms with Crippen LogP contribution in [0.2, 0.25) is 0 Å². The van der Waals surface area contributed by atoms with Gasteiger partial charge < -0.3 is 2.85 Å². The largest absolute Gasteiger partial charge is 2.00 e. The van der Waals surface area contributed by atoms with Gasteiger partial charge in [0.15, 0.2) is 0 Å². The molecule has 0 spiro atoms. The zero-order valence-electron chi connectivity index (χ0n) is 5.53. The molecule has 1 unspecified atom stereocenters. The molecular weight excluding hydrogens is 211 g/mol. The second kappa shape index (κ2) is 5.82. The quantitative estimate of drug-likeness (QED) is 0.364. The van der Waals surface area contributed by atoms with Gasteiger partial charge in [0, 0.05) is 0 Å². The third-order valence-corrected chi connectivity index (χ3v) is 0. The van der Waals surface area contributed by atoms with Gasteiger partial charge in [0.1, 0.15) is 0 Å². The second-order valence-electron chi connectivity index (χ2n) is 0.448. The summed E-state index contributed by atoms with van der Waals surface area (Å²) in [5.41, 5.74) is 0. The average Bonchev–Trinajstić information content (AvgIpc) is 0.722. The van der Waals surface area contributed by atoms with Crippen LogP contribution in [-0.2, 0) is 10.4 Å². The molecule has 2 N–H and O–H groups in total. The van der Waals surface area contributed by atoms with E-state index in [9.17, 15) is 0 Å². The van der Waals surface area contributed by atoms with Crippen LogP contribution >= 0.6 is 0 Å². The molecule has 0 aliphatic rings. The Labute approximate surface area is 85.5 Å². The molecule has 44 valence electrons. The molecule has 0 amide bonds. The first-order chi connectivity index (χ1) is 2.00. The van der Waals surface area contributed by atoms with Gasteiger partial charge in [-0.2, -0.15) is 8.42 Å². The van der Waals surface area contributed by atoms with Crippen LogP contribution in [-0.4, -0.2) is 73.2 Å². The number of rotatable bonds is 0. The van der Waals surface area contributed by atoms with Crippen LogP contribution in [0.3, 0.4) is 0 Å². The molecule has 7 heavy (non-hydrogen) atoms. The molecule has 0 aromatic rings. The zero-order valence-corrected chi connectivity index (χ0v) is 9.53. The third kappa shape index (κ3) is 87.3. The van der Waals surface area contributed by atoms with Gasteiger partial charge in [-0.05, 0) is 0 Å². The smallest absolute Gasteiger partial charge is 1.00 e. The fourth-order valence-corrected chi connectivity index (χ4v) is 0. The van der Waals surface area contributed by atoms with Crippen LogP contribution in [0.5, 0.6) is 0 Å². The van der Waals surface area contributed by atoms with Gasteiger partial charge in [0.2, 0.25) is 0 Å². The summed E-state index contributed by atoms with van der Waals surface area (Å²) in [4.78, 5) is 0. The summed E-state index contributed by atoms with van der Waals surface area (Å²) < 4.78 is 31.6. The van der Waals surface area contributed by atoms with E-state index in [0.717, 1.165) is 0 Å². The summed E-state index contributed by atoms with van der Waals surface area (Å²) >= 11 is 0. The molecule has 0 fully saturated rings. The predicted molar refractivity (Wildman–Crippen MR) is 32.1 cm³/mol.